The molecule has 1 rings (SSSR count). The smallest absolute Gasteiger partial charge is 0.303 e. The molecule has 1 atom stereocenters. The van der Waals surface area contributed by atoms with Gasteiger partial charge in [-0.25, -0.2) is 0 Å². The number of aliphatic hydroxyl groups excluding tert-OH is 1. The SMILES string of the molecule is C#C[C@H](O)CCOc1ccccc1CCC(=O)O. The van der Waals surface area contributed by atoms with Crippen molar-refractivity contribution in [3.05, 3.63) is 29.8 Å². The van der Waals surface area contributed by atoms with Crippen molar-refractivity contribution < 1.29 is 19.7 Å². The normalized spacial score (nSPS) is 11.6. The summed E-state index contributed by atoms with van der Waals surface area (Å²) in [4.78, 5) is 10.5. The molecule has 0 spiro atoms. The molecular formula is C14H16O4. The van der Waals surface area contributed by atoms with Crippen molar-refractivity contribution in [2.24, 2.45) is 0 Å². The van der Waals surface area contributed by atoms with Crippen LogP contribution in [0.1, 0.15) is 18.4 Å². The van der Waals surface area contributed by atoms with E-state index in [1.807, 2.05) is 18.2 Å². The molecule has 0 unspecified atom stereocenters. The van der Waals surface area contributed by atoms with Crippen molar-refractivity contribution in [1.29, 1.82) is 0 Å². The topological polar surface area (TPSA) is 66.8 Å². The van der Waals surface area contributed by atoms with Crippen molar-refractivity contribution in [3.8, 4) is 18.1 Å². The molecule has 18 heavy (non-hydrogen) atoms. The molecule has 0 aliphatic rings. The number of aliphatic carboxylic acids is 1. The summed E-state index contributed by atoms with van der Waals surface area (Å²) in [6.45, 7) is 0.301. The van der Waals surface area contributed by atoms with Crippen molar-refractivity contribution >= 4 is 5.97 Å². The molecule has 0 bridgehead atoms. The number of aryl methyl sites for hydroxylation is 1. The molecule has 4 heteroatoms. The summed E-state index contributed by atoms with van der Waals surface area (Å²) < 4.78 is 5.49. The van der Waals surface area contributed by atoms with E-state index in [-0.39, 0.29) is 6.42 Å². The molecule has 0 saturated heterocycles. The number of carboxylic acid groups (broad SMARTS) is 1. The molecule has 1 aromatic carbocycles. The van der Waals surface area contributed by atoms with Crippen LogP contribution in [0, 0.1) is 12.3 Å². The molecule has 1 aromatic rings. The molecule has 0 heterocycles. The third kappa shape index (κ3) is 4.89. The van der Waals surface area contributed by atoms with E-state index in [1.54, 1.807) is 6.07 Å². The summed E-state index contributed by atoms with van der Waals surface area (Å²) in [5.74, 6) is 2.01. The fraction of sp³-hybridized carbons (Fsp3) is 0.357. The second kappa shape index (κ2) is 7.36. The number of hydrogen-bond donors (Lipinski definition) is 2. The Hall–Kier alpha value is -1.99. The Morgan fingerprint density at radius 1 is 1.44 bits per heavy atom. The van der Waals surface area contributed by atoms with Crippen LogP contribution in [0.4, 0.5) is 0 Å². The zero-order valence-corrected chi connectivity index (χ0v) is 10.0. The van der Waals surface area contributed by atoms with Crippen LogP contribution < -0.4 is 4.74 Å². The van der Waals surface area contributed by atoms with Crippen LogP contribution in [0.3, 0.4) is 0 Å². The van der Waals surface area contributed by atoms with Crippen molar-refractivity contribution in [1.82, 2.24) is 0 Å². The first-order valence-corrected chi connectivity index (χ1v) is 5.70. The van der Waals surface area contributed by atoms with Crippen molar-refractivity contribution in [3.63, 3.8) is 0 Å². The first-order chi connectivity index (χ1) is 8.63. The molecule has 0 aromatic heterocycles. The summed E-state index contributed by atoms with van der Waals surface area (Å²) in [5.41, 5.74) is 0.843. The number of carbonyl (C=O) groups is 1. The highest BCUT2D eigenvalue weighted by atomic mass is 16.5. The van der Waals surface area contributed by atoms with Crippen LogP contribution in [0.5, 0.6) is 5.75 Å². The van der Waals surface area contributed by atoms with Gasteiger partial charge in [0.15, 0.2) is 0 Å². The standard InChI is InChI=1S/C14H16O4/c1-2-12(15)9-10-18-13-6-4-3-5-11(13)7-8-14(16)17/h1,3-6,12,15H,7-10H2,(H,16,17)/t12-/m0/s1. The van der Waals surface area contributed by atoms with E-state index < -0.39 is 12.1 Å². The molecule has 2 N–H and O–H groups in total. The first-order valence-electron chi connectivity index (χ1n) is 5.70. The predicted molar refractivity (Wildman–Crippen MR) is 67.4 cm³/mol. The van der Waals surface area contributed by atoms with Gasteiger partial charge in [0.25, 0.3) is 0 Å². The Morgan fingerprint density at radius 2 is 2.17 bits per heavy atom. The van der Waals surface area contributed by atoms with Gasteiger partial charge >= 0.3 is 5.97 Å². The number of rotatable bonds is 7. The Bertz CT molecular complexity index is 434. The van der Waals surface area contributed by atoms with Gasteiger partial charge < -0.3 is 14.9 Å². The zero-order valence-electron chi connectivity index (χ0n) is 10.0. The van der Waals surface area contributed by atoms with Crippen molar-refractivity contribution in [2.45, 2.75) is 25.4 Å². The predicted octanol–water partition coefficient (Wildman–Crippen LogP) is 1.47. The van der Waals surface area contributed by atoms with Crippen LogP contribution in [0.2, 0.25) is 0 Å². The van der Waals surface area contributed by atoms with E-state index in [0.29, 0.717) is 25.2 Å². The highest BCUT2D eigenvalue weighted by molar-refractivity contribution is 5.67. The molecule has 0 radical (unpaired) electrons. The van der Waals surface area contributed by atoms with E-state index in [4.69, 9.17) is 16.3 Å². The van der Waals surface area contributed by atoms with Gasteiger partial charge in [-0.1, -0.05) is 24.1 Å². The maximum absolute atomic E-state index is 10.5. The number of terminal acetylenes is 1. The van der Waals surface area contributed by atoms with Gasteiger partial charge in [-0.15, -0.1) is 6.42 Å². The van der Waals surface area contributed by atoms with Gasteiger partial charge in [0.05, 0.1) is 6.61 Å². The lowest BCUT2D eigenvalue weighted by molar-refractivity contribution is -0.136. The molecule has 96 valence electrons. The minimum absolute atomic E-state index is 0.0629. The fourth-order valence-corrected chi connectivity index (χ4v) is 1.46. The second-order valence-electron chi connectivity index (χ2n) is 3.82. The maximum atomic E-state index is 10.5. The van der Waals surface area contributed by atoms with Crippen LogP contribution >= 0.6 is 0 Å². The van der Waals surface area contributed by atoms with Crippen molar-refractivity contribution in [2.75, 3.05) is 6.61 Å². The number of benzene rings is 1. The van der Waals surface area contributed by atoms with E-state index >= 15 is 0 Å². The van der Waals surface area contributed by atoms with Crippen LogP contribution in [-0.4, -0.2) is 28.9 Å². The largest absolute Gasteiger partial charge is 0.493 e. The molecule has 0 saturated carbocycles. The highest BCUT2D eigenvalue weighted by Crippen LogP contribution is 2.19. The fourth-order valence-electron chi connectivity index (χ4n) is 1.46. The average Bonchev–Trinajstić information content (AvgIpc) is 2.37. The maximum Gasteiger partial charge on any atom is 0.303 e. The summed E-state index contributed by atoms with van der Waals surface area (Å²) in [5, 5.41) is 17.8. The molecule has 0 amide bonds. The van der Waals surface area contributed by atoms with Crippen LogP contribution in [0.15, 0.2) is 24.3 Å². The Kier molecular flexibility index (Phi) is 5.75. The second-order valence-corrected chi connectivity index (χ2v) is 3.82. The Labute approximate surface area is 106 Å². The highest BCUT2D eigenvalue weighted by Gasteiger charge is 2.06. The van der Waals surface area contributed by atoms with Gasteiger partial charge in [0.1, 0.15) is 11.9 Å². The van der Waals surface area contributed by atoms with E-state index in [1.165, 1.54) is 0 Å². The van der Waals surface area contributed by atoms with Gasteiger partial charge in [-0.3, -0.25) is 4.79 Å². The molecule has 4 nitrogen and oxygen atoms in total. The lowest BCUT2D eigenvalue weighted by Gasteiger charge is -2.11. The molecule has 0 aliphatic heterocycles. The van der Waals surface area contributed by atoms with E-state index in [9.17, 15) is 9.90 Å². The third-order valence-corrected chi connectivity index (χ3v) is 2.42. The average molecular weight is 248 g/mol. The first kappa shape index (κ1) is 14.1. The minimum Gasteiger partial charge on any atom is -0.493 e. The molecule has 0 aliphatic carbocycles. The van der Waals surface area contributed by atoms with Gasteiger partial charge in [-0.05, 0) is 18.1 Å². The van der Waals surface area contributed by atoms with Gasteiger partial charge in [0, 0.05) is 12.8 Å². The third-order valence-electron chi connectivity index (χ3n) is 2.42. The minimum atomic E-state index is -0.840. The Balaban J connectivity index is 2.54. The number of hydrogen-bond acceptors (Lipinski definition) is 3. The van der Waals surface area contributed by atoms with Crippen LogP contribution in [-0.2, 0) is 11.2 Å². The quantitative estimate of drug-likeness (QED) is 0.717. The monoisotopic (exact) mass is 248 g/mol. The molecular weight excluding hydrogens is 232 g/mol. The molecule has 0 fully saturated rings. The summed E-state index contributed by atoms with van der Waals surface area (Å²) >= 11 is 0. The van der Waals surface area contributed by atoms with E-state index in [0.717, 1.165) is 5.56 Å². The number of para-hydroxylation sites is 1. The number of ether oxygens (including phenoxy) is 1. The number of aliphatic hydroxyl groups is 1. The van der Waals surface area contributed by atoms with E-state index in [2.05, 4.69) is 5.92 Å². The van der Waals surface area contributed by atoms with Gasteiger partial charge in [0.2, 0.25) is 0 Å². The lowest BCUT2D eigenvalue weighted by Crippen LogP contribution is -2.10. The summed E-state index contributed by atoms with van der Waals surface area (Å²) in [6, 6.07) is 7.26. The van der Waals surface area contributed by atoms with Crippen LogP contribution in [0.25, 0.3) is 0 Å². The number of carboxylic acids is 1. The Morgan fingerprint density at radius 3 is 2.83 bits per heavy atom. The summed E-state index contributed by atoms with van der Waals surface area (Å²) in [6.07, 6.45) is 5.07. The lowest BCUT2D eigenvalue weighted by atomic mass is 10.1. The zero-order chi connectivity index (χ0) is 13.4. The van der Waals surface area contributed by atoms with Gasteiger partial charge in [-0.2, -0.15) is 0 Å². The summed E-state index contributed by atoms with van der Waals surface area (Å²) in [7, 11) is 0.